The molecule has 0 unspecified atom stereocenters. The SMILES string of the molecule is CCOc1cc(/C=C/C(=O)Nc2c(C(=O)N3CCOCC3)oc3ccccc23)ccc1OC(F)F. The predicted octanol–water partition coefficient (Wildman–Crippen LogP) is 4.56. The molecule has 0 spiro atoms. The van der Waals surface area contributed by atoms with Gasteiger partial charge in [-0.25, -0.2) is 0 Å². The minimum atomic E-state index is -2.99. The van der Waals surface area contributed by atoms with E-state index in [9.17, 15) is 18.4 Å². The van der Waals surface area contributed by atoms with Crippen molar-refractivity contribution in [2.24, 2.45) is 0 Å². The highest BCUT2D eigenvalue weighted by Crippen LogP contribution is 2.33. The number of hydrogen-bond acceptors (Lipinski definition) is 6. The molecular weight excluding hydrogens is 462 g/mol. The van der Waals surface area contributed by atoms with E-state index in [2.05, 4.69) is 10.1 Å². The summed E-state index contributed by atoms with van der Waals surface area (Å²) in [5, 5.41) is 3.34. The molecule has 2 amide bonds. The van der Waals surface area contributed by atoms with Crippen LogP contribution in [0.5, 0.6) is 11.5 Å². The first-order chi connectivity index (χ1) is 17.0. The number of carbonyl (C=O) groups is 2. The summed E-state index contributed by atoms with van der Waals surface area (Å²) in [5.74, 6) is -0.755. The molecule has 0 saturated carbocycles. The molecular formula is C25H24F2N2O6. The molecule has 2 aromatic carbocycles. The van der Waals surface area contributed by atoms with Crippen LogP contribution in [0.3, 0.4) is 0 Å². The Morgan fingerprint density at radius 3 is 2.66 bits per heavy atom. The predicted molar refractivity (Wildman–Crippen MR) is 125 cm³/mol. The number of nitrogens with one attached hydrogen (secondary N) is 1. The van der Waals surface area contributed by atoms with Gasteiger partial charge in [-0.15, -0.1) is 0 Å². The van der Waals surface area contributed by atoms with E-state index in [4.69, 9.17) is 13.9 Å². The first kappa shape index (κ1) is 24.2. The zero-order valence-electron chi connectivity index (χ0n) is 19.0. The number of hydrogen-bond donors (Lipinski definition) is 1. The number of carbonyl (C=O) groups excluding carboxylic acids is 2. The fourth-order valence-electron chi connectivity index (χ4n) is 3.66. The van der Waals surface area contributed by atoms with Crippen molar-refractivity contribution in [2.45, 2.75) is 13.5 Å². The summed E-state index contributed by atoms with van der Waals surface area (Å²) in [6.45, 7) is 0.699. The minimum absolute atomic E-state index is 0.0435. The molecule has 35 heavy (non-hydrogen) atoms. The lowest BCUT2D eigenvalue weighted by atomic mass is 10.1. The van der Waals surface area contributed by atoms with Crippen molar-refractivity contribution in [3.05, 3.63) is 59.9 Å². The van der Waals surface area contributed by atoms with Crippen molar-refractivity contribution in [3.63, 3.8) is 0 Å². The first-order valence-electron chi connectivity index (χ1n) is 11.1. The molecule has 1 fully saturated rings. The van der Waals surface area contributed by atoms with Crippen LogP contribution in [0.2, 0.25) is 0 Å². The number of amides is 2. The molecule has 0 aliphatic carbocycles. The van der Waals surface area contributed by atoms with Crippen molar-refractivity contribution in [1.29, 1.82) is 0 Å². The molecule has 10 heteroatoms. The number of morpholine rings is 1. The largest absolute Gasteiger partial charge is 0.490 e. The van der Waals surface area contributed by atoms with Gasteiger partial charge in [0.15, 0.2) is 11.5 Å². The summed E-state index contributed by atoms with van der Waals surface area (Å²) in [4.78, 5) is 27.5. The zero-order chi connectivity index (χ0) is 24.8. The van der Waals surface area contributed by atoms with Crippen LogP contribution >= 0.6 is 0 Å². The fourth-order valence-corrected chi connectivity index (χ4v) is 3.66. The number of anilines is 1. The van der Waals surface area contributed by atoms with Crippen LogP contribution in [0.1, 0.15) is 23.0 Å². The molecule has 0 radical (unpaired) electrons. The van der Waals surface area contributed by atoms with E-state index in [1.54, 1.807) is 36.1 Å². The van der Waals surface area contributed by atoms with Gasteiger partial charge in [0.2, 0.25) is 11.7 Å². The molecule has 1 aliphatic rings. The number of alkyl halides is 2. The van der Waals surface area contributed by atoms with Gasteiger partial charge >= 0.3 is 6.61 Å². The average molecular weight is 486 g/mol. The smallest absolute Gasteiger partial charge is 0.387 e. The monoisotopic (exact) mass is 486 g/mol. The molecule has 0 bridgehead atoms. The van der Waals surface area contributed by atoms with Gasteiger partial charge in [0.1, 0.15) is 11.3 Å². The summed E-state index contributed by atoms with van der Waals surface area (Å²) >= 11 is 0. The fraction of sp³-hybridized carbons (Fsp3) is 0.280. The van der Waals surface area contributed by atoms with E-state index in [1.165, 1.54) is 30.4 Å². The third-order valence-corrected chi connectivity index (χ3v) is 5.25. The van der Waals surface area contributed by atoms with Crippen molar-refractivity contribution in [3.8, 4) is 11.5 Å². The van der Waals surface area contributed by atoms with Crippen LogP contribution in [0.15, 0.2) is 53.0 Å². The van der Waals surface area contributed by atoms with Crippen LogP contribution in [0, 0.1) is 0 Å². The summed E-state index contributed by atoms with van der Waals surface area (Å²) in [5.41, 5.74) is 1.29. The molecule has 1 aromatic heterocycles. The normalized spacial score (nSPS) is 14.0. The summed E-state index contributed by atoms with van der Waals surface area (Å²) < 4.78 is 46.1. The van der Waals surface area contributed by atoms with Crippen LogP contribution in [0.25, 0.3) is 17.0 Å². The highest BCUT2D eigenvalue weighted by Gasteiger charge is 2.27. The lowest BCUT2D eigenvalue weighted by molar-refractivity contribution is -0.111. The molecule has 1 aliphatic heterocycles. The Kier molecular flexibility index (Phi) is 7.61. The zero-order valence-corrected chi connectivity index (χ0v) is 19.0. The number of ether oxygens (including phenoxy) is 3. The summed E-state index contributed by atoms with van der Waals surface area (Å²) in [7, 11) is 0. The Morgan fingerprint density at radius 2 is 1.91 bits per heavy atom. The van der Waals surface area contributed by atoms with Gasteiger partial charge in [-0.2, -0.15) is 8.78 Å². The Bertz CT molecular complexity index is 1230. The second kappa shape index (κ2) is 11.0. The third-order valence-electron chi connectivity index (χ3n) is 5.25. The van der Waals surface area contributed by atoms with E-state index >= 15 is 0 Å². The second-order valence-electron chi connectivity index (χ2n) is 7.55. The number of halogens is 2. The van der Waals surface area contributed by atoms with E-state index in [0.29, 0.717) is 42.8 Å². The third kappa shape index (κ3) is 5.78. The van der Waals surface area contributed by atoms with Crippen molar-refractivity contribution < 1.29 is 37.0 Å². The molecule has 2 heterocycles. The van der Waals surface area contributed by atoms with Gasteiger partial charge < -0.3 is 28.8 Å². The minimum Gasteiger partial charge on any atom is -0.490 e. The van der Waals surface area contributed by atoms with Crippen molar-refractivity contribution in [2.75, 3.05) is 38.2 Å². The molecule has 3 aromatic rings. The molecule has 0 atom stereocenters. The highest BCUT2D eigenvalue weighted by atomic mass is 19.3. The first-order valence-corrected chi connectivity index (χ1v) is 11.1. The molecule has 184 valence electrons. The van der Waals surface area contributed by atoms with Crippen LogP contribution in [0.4, 0.5) is 14.5 Å². The number of rotatable bonds is 8. The molecule has 4 rings (SSSR count). The second-order valence-corrected chi connectivity index (χ2v) is 7.55. The Hall–Kier alpha value is -3.92. The maximum absolute atomic E-state index is 13.1. The lowest BCUT2D eigenvalue weighted by Gasteiger charge is -2.26. The van der Waals surface area contributed by atoms with Gasteiger partial charge in [0.25, 0.3) is 5.91 Å². The Morgan fingerprint density at radius 1 is 1.14 bits per heavy atom. The number of nitrogens with zero attached hydrogens (tertiary/aromatic N) is 1. The van der Waals surface area contributed by atoms with E-state index in [0.717, 1.165) is 0 Å². The van der Waals surface area contributed by atoms with E-state index < -0.39 is 12.5 Å². The van der Waals surface area contributed by atoms with Crippen LogP contribution in [-0.2, 0) is 9.53 Å². The Balaban J connectivity index is 1.56. The van der Waals surface area contributed by atoms with Gasteiger partial charge in [-0.3, -0.25) is 9.59 Å². The lowest BCUT2D eigenvalue weighted by Crippen LogP contribution is -2.40. The van der Waals surface area contributed by atoms with Gasteiger partial charge in [0.05, 0.1) is 19.8 Å². The number of para-hydroxylation sites is 1. The molecule has 1 N–H and O–H groups in total. The van der Waals surface area contributed by atoms with E-state index in [1.807, 2.05) is 0 Å². The Labute approximate surface area is 200 Å². The topological polar surface area (TPSA) is 90.2 Å². The van der Waals surface area contributed by atoms with Gasteiger partial charge in [-0.05, 0) is 42.8 Å². The number of furan rings is 1. The van der Waals surface area contributed by atoms with Gasteiger partial charge in [0, 0.05) is 24.6 Å². The van der Waals surface area contributed by atoms with Crippen LogP contribution < -0.4 is 14.8 Å². The average Bonchev–Trinajstić information content (AvgIpc) is 3.22. The summed E-state index contributed by atoms with van der Waals surface area (Å²) in [6.07, 6.45) is 2.76. The highest BCUT2D eigenvalue weighted by molar-refractivity contribution is 6.13. The maximum Gasteiger partial charge on any atom is 0.387 e. The summed E-state index contributed by atoms with van der Waals surface area (Å²) in [6, 6.07) is 11.4. The number of benzene rings is 2. The van der Waals surface area contributed by atoms with E-state index in [-0.39, 0.29) is 35.5 Å². The van der Waals surface area contributed by atoms with Gasteiger partial charge in [-0.1, -0.05) is 18.2 Å². The quantitative estimate of drug-likeness (QED) is 0.470. The molecule has 1 saturated heterocycles. The van der Waals surface area contributed by atoms with Crippen molar-refractivity contribution >= 4 is 34.5 Å². The molecule has 8 nitrogen and oxygen atoms in total. The maximum atomic E-state index is 13.1. The number of fused-ring (bicyclic) bond motifs is 1. The standard InChI is InChI=1S/C25H24F2N2O6/c1-2-33-20-15-16(7-9-19(20)35-25(26)27)8-10-21(30)28-22-17-5-3-4-6-18(17)34-23(22)24(31)29-11-13-32-14-12-29/h3-10,15,25H,2,11-14H2,1H3,(H,28,30)/b10-8+. The van der Waals surface area contributed by atoms with Crippen LogP contribution in [-0.4, -0.2) is 56.2 Å². The van der Waals surface area contributed by atoms with Crippen molar-refractivity contribution in [1.82, 2.24) is 4.90 Å².